The Morgan fingerprint density at radius 1 is 1.43 bits per heavy atom. The summed E-state index contributed by atoms with van der Waals surface area (Å²) in [5.74, 6) is -1.18. The third-order valence-corrected chi connectivity index (χ3v) is 2.26. The number of nitrogens with one attached hydrogen (secondary N) is 1. The summed E-state index contributed by atoms with van der Waals surface area (Å²) < 4.78 is 0. The van der Waals surface area contributed by atoms with Crippen LogP contribution in [0.15, 0.2) is 18.2 Å². The van der Waals surface area contributed by atoms with Gasteiger partial charge in [0.05, 0.1) is 5.02 Å². The second-order valence-electron chi connectivity index (χ2n) is 2.85. The molecule has 0 amide bonds. The summed E-state index contributed by atoms with van der Waals surface area (Å²) in [6.07, 6.45) is 0. The van der Waals surface area contributed by atoms with Gasteiger partial charge >= 0.3 is 5.97 Å². The zero-order valence-corrected chi connectivity index (χ0v) is 7.67. The number of H-pyrrole nitrogens is 1. The highest BCUT2D eigenvalue weighted by Crippen LogP contribution is 2.32. The summed E-state index contributed by atoms with van der Waals surface area (Å²) in [6.45, 7) is 0. The smallest absolute Gasteiger partial charge is 0.352 e. The molecular formula is C9H6ClNO3. The molecule has 0 bridgehead atoms. The highest BCUT2D eigenvalue weighted by Gasteiger charge is 2.11. The number of carboxylic acid groups (broad SMARTS) is 1. The zero-order chi connectivity index (χ0) is 10.3. The summed E-state index contributed by atoms with van der Waals surface area (Å²) in [7, 11) is 0. The molecule has 2 aromatic rings. The van der Waals surface area contributed by atoms with Gasteiger partial charge in [-0.3, -0.25) is 0 Å². The standard InChI is InChI=1S/C9H6ClNO3/c10-5-1-2-6-4(8(5)12)3-7(11-6)9(13)14/h1-3,11-12H,(H,13,14). The first-order valence-electron chi connectivity index (χ1n) is 3.83. The third kappa shape index (κ3) is 1.20. The fourth-order valence-electron chi connectivity index (χ4n) is 1.28. The molecule has 2 rings (SSSR count). The van der Waals surface area contributed by atoms with E-state index in [2.05, 4.69) is 4.98 Å². The molecule has 1 aromatic carbocycles. The highest BCUT2D eigenvalue weighted by atomic mass is 35.5. The Morgan fingerprint density at radius 3 is 2.79 bits per heavy atom. The molecule has 0 unspecified atom stereocenters. The fraction of sp³-hybridized carbons (Fsp3) is 0. The van der Waals surface area contributed by atoms with Gasteiger partial charge in [0.1, 0.15) is 11.4 Å². The van der Waals surface area contributed by atoms with Crippen molar-refractivity contribution in [1.82, 2.24) is 4.98 Å². The topological polar surface area (TPSA) is 73.3 Å². The molecule has 1 aromatic heterocycles. The maximum absolute atomic E-state index is 10.6. The normalized spacial score (nSPS) is 10.6. The number of aromatic amines is 1. The van der Waals surface area contributed by atoms with E-state index in [0.717, 1.165) is 0 Å². The number of rotatable bonds is 1. The lowest BCUT2D eigenvalue weighted by Crippen LogP contribution is -1.94. The Morgan fingerprint density at radius 2 is 2.14 bits per heavy atom. The van der Waals surface area contributed by atoms with Crippen molar-refractivity contribution in [2.75, 3.05) is 0 Å². The van der Waals surface area contributed by atoms with Crippen molar-refractivity contribution >= 4 is 28.5 Å². The number of carbonyl (C=O) groups is 1. The number of benzene rings is 1. The lowest BCUT2D eigenvalue weighted by atomic mass is 10.2. The molecule has 0 radical (unpaired) electrons. The Labute approximate surface area is 83.7 Å². The van der Waals surface area contributed by atoms with E-state index in [1.165, 1.54) is 12.1 Å². The van der Waals surface area contributed by atoms with Crippen LogP contribution in [0.5, 0.6) is 5.75 Å². The van der Waals surface area contributed by atoms with Crippen molar-refractivity contribution in [2.24, 2.45) is 0 Å². The molecule has 3 N–H and O–H groups in total. The number of aromatic hydroxyl groups is 1. The third-order valence-electron chi connectivity index (χ3n) is 1.96. The molecule has 0 aliphatic carbocycles. The Hall–Kier alpha value is -1.68. The summed E-state index contributed by atoms with van der Waals surface area (Å²) in [5.41, 5.74) is 0.571. The first-order chi connectivity index (χ1) is 6.59. The van der Waals surface area contributed by atoms with E-state index in [9.17, 15) is 9.90 Å². The van der Waals surface area contributed by atoms with Crippen molar-refractivity contribution in [3.63, 3.8) is 0 Å². The molecule has 0 spiro atoms. The minimum atomic E-state index is -1.07. The van der Waals surface area contributed by atoms with E-state index in [0.29, 0.717) is 10.9 Å². The summed E-state index contributed by atoms with van der Waals surface area (Å²) in [5, 5.41) is 18.8. The van der Waals surface area contributed by atoms with Crippen LogP contribution >= 0.6 is 11.6 Å². The van der Waals surface area contributed by atoms with Crippen molar-refractivity contribution in [1.29, 1.82) is 0 Å². The zero-order valence-electron chi connectivity index (χ0n) is 6.91. The fourth-order valence-corrected chi connectivity index (χ4v) is 1.44. The average Bonchev–Trinajstić information content (AvgIpc) is 2.56. The van der Waals surface area contributed by atoms with Crippen LogP contribution in [0.4, 0.5) is 0 Å². The van der Waals surface area contributed by atoms with Gasteiger partial charge in [-0.15, -0.1) is 0 Å². The number of hydrogen-bond donors (Lipinski definition) is 3. The number of fused-ring (bicyclic) bond motifs is 1. The van der Waals surface area contributed by atoms with Crippen LogP contribution < -0.4 is 0 Å². The SMILES string of the molecule is O=C(O)c1cc2c(O)c(Cl)ccc2[nH]1. The maximum atomic E-state index is 10.6. The van der Waals surface area contributed by atoms with Crippen LogP contribution in [0, 0.1) is 0 Å². The van der Waals surface area contributed by atoms with Crippen LogP contribution in [0.25, 0.3) is 10.9 Å². The van der Waals surface area contributed by atoms with Gasteiger partial charge in [0.25, 0.3) is 0 Å². The molecule has 0 aliphatic rings. The van der Waals surface area contributed by atoms with Crippen molar-refractivity contribution in [3.8, 4) is 5.75 Å². The Bertz CT molecular complexity index is 518. The summed E-state index contributed by atoms with van der Waals surface area (Å²) in [6, 6.07) is 4.46. The Balaban J connectivity index is 2.77. The maximum Gasteiger partial charge on any atom is 0.352 e. The molecule has 0 saturated carbocycles. The number of halogens is 1. The molecule has 0 atom stereocenters. The van der Waals surface area contributed by atoms with Gasteiger partial charge in [-0.05, 0) is 18.2 Å². The van der Waals surface area contributed by atoms with Gasteiger partial charge in [-0.25, -0.2) is 4.79 Å². The number of aromatic nitrogens is 1. The second kappa shape index (κ2) is 2.92. The van der Waals surface area contributed by atoms with Crippen LogP contribution in [0.1, 0.15) is 10.5 Å². The lowest BCUT2D eigenvalue weighted by Gasteiger charge is -1.96. The quantitative estimate of drug-likeness (QED) is 0.677. The van der Waals surface area contributed by atoms with Crippen LogP contribution in [0.3, 0.4) is 0 Å². The van der Waals surface area contributed by atoms with Gasteiger partial charge in [0, 0.05) is 10.9 Å². The first-order valence-corrected chi connectivity index (χ1v) is 4.21. The summed E-state index contributed by atoms with van der Waals surface area (Å²) >= 11 is 5.67. The van der Waals surface area contributed by atoms with Gasteiger partial charge in [0.2, 0.25) is 0 Å². The largest absolute Gasteiger partial charge is 0.506 e. The minimum Gasteiger partial charge on any atom is -0.506 e. The van der Waals surface area contributed by atoms with E-state index in [1.54, 1.807) is 6.07 Å². The molecule has 14 heavy (non-hydrogen) atoms. The monoisotopic (exact) mass is 211 g/mol. The molecule has 4 nitrogen and oxygen atoms in total. The van der Waals surface area contributed by atoms with Gasteiger partial charge in [-0.1, -0.05) is 11.6 Å². The first kappa shape index (κ1) is 8.90. The van der Waals surface area contributed by atoms with E-state index in [1.807, 2.05) is 0 Å². The Kier molecular flexibility index (Phi) is 1.86. The van der Waals surface area contributed by atoms with Crippen LogP contribution in [-0.4, -0.2) is 21.2 Å². The predicted octanol–water partition coefficient (Wildman–Crippen LogP) is 2.23. The highest BCUT2D eigenvalue weighted by molar-refractivity contribution is 6.33. The van der Waals surface area contributed by atoms with Crippen LogP contribution in [0.2, 0.25) is 5.02 Å². The van der Waals surface area contributed by atoms with E-state index in [-0.39, 0.29) is 16.5 Å². The molecule has 72 valence electrons. The van der Waals surface area contributed by atoms with Gasteiger partial charge in [0.15, 0.2) is 0 Å². The number of phenols is 1. The van der Waals surface area contributed by atoms with Gasteiger partial charge < -0.3 is 15.2 Å². The lowest BCUT2D eigenvalue weighted by molar-refractivity contribution is 0.0691. The van der Waals surface area contributed by atoms with Crippen molar-refractivity contribution in [2.45, 2.75) is 0 Å². The molecule has 0 aliphatic heterocycles. The van der Waals surface area contributed by atoms with Crippen LogP contribution in [-0.2, 0) is 0 Å². The van der Waals surface area contributed by atoms with E-state index >= 15 is 0 Å². The van der Waals surface area contributed by atoms with Crippen molar-refractivity contribution in [3.05, 3.63) is 28.9 Å². The molecule has 5 heteroatoms. The molecule has 1 heterocycles. The number of phenolic OH excluding ortho intramolecular Hbond substituents is 1. The van der Waals surface area contributed by atoms with E-state index < -0.39 is 5.97 Å². The predicted molar refractivity (Wildman–Crippen MR) is 51.9 cm³/mol. The number of hydrogen-bond acceptors (Lipinski definition) is 2. The van der Waals surface area contributed by atoms with E-state index in [4.69, 9.17) is 16.7 Å². The molecular weight excluding hydrogens is 206 g/mol. The molecule has 0 fully saturated rings. The summed E-state index contributed by atoms with van der Waals surface area (Å²) in [4.78, 5) is 13.3. The number of carboxylic acids is 1. The molecule has 0 saturated heterocycles. The second-order valence-corrected chi connectivity index (χ2v) is 3.25. The minimum absolute atomic E-state index is 0.0255. The number of aromatic carboxylic acids is 1. The average molecular weight is 212 g/mol. The van der Waals surface area contributed by atoms with Gasteiger partial charge in [-0.2, -0.15) is 0 Å². The van der Waals surface area contributed by atoms with Crippen molar-refractivity contribution < 1.29 is 15.0 Å².